The van der Waals surface area contributed by atoms with E-state index in [0.29, 0.717) is 0 Å². The third kappa shape index (κ3) is 4.50. The normalized spacial score (nSPS) is 11.9. The predicted molar refractivity (Wildman–Crippen MR) is 178 cm³/mol. The quantitative estimate of drug-likeness (QED) is 0.160. The van der Waals surface area contributed by atoms with E-state index in [9.17, 15) is 0 Å². The van der Waals surface area contributed by atoms with Crippen LogP contribution in [0.4, 0.5) is 5.69 Å². The largest absolute Gasteiger partial charge is 0.253 e. The monoisotopic (exact) mass is 525 g/mol. The zero-order valence-electron chi connectivity index (χ0n) is 23.6. The molecule has 0 N–H and O–H groups in total. The van der Waals surface area contributed by atoms with Gasteiger partial charge in [0.05, 0.1) is 5.69 Å². The van der Waals surface area contributed by atoms with Crippen molar-refractivity contribution in [2.75, 3.05) is 0 Å². The minimum absolute atomic E-state index is 1.01. The first kappa shape index (κ1) is 25.0. The van der Waals surface area contributed by atoms with Gasteiger partial charge in [0.25, 0.3) is 0 Å². The lowest BCUT2D eigenvalue weighted by Gasteiger charge is -2.17. The number of fused-ring (bicyclic) bond motifs is 4. The molecule has 0 heterocycles. The first-order valence-corrected chi connectivity index (χ1v) is 14.2. The van der Waals surface area contributed by atoms with Crippen molar-refractivity contribution < 1.29 is 0 Å². The maximum Gasteiger partial charge on any atom is 0.0662 e. The van der Waals surface area contributed by atoms with Crippen LogP contribution in [0.15, 0.2) is 138 Å². The fraction of sp³-hybridized carbons (Fsp3) is 0.0750. The van der Waals surface area contributed by atoms with E-state index in [-0.39, 0.29) is 0 Å². The number of hydrogen-bond donors (Lipinski definition) is 0. The molecule has 0 aliphatic heterocycles. The van der Waals surface area contributed by atoms with Crippen LogP contribution in [-0.4, -0.2) is 5.71 Å². The zero-order valence-corrected chi connectivity index (χ0v) is 23.6. The standard InChI is InChI=1S/C40H31N/c1-26-10-4-9-15-39(26)41-28(3)40-36-14-8-6-12-30(36)20-23-37(40)34-22-21-32(24-27(34)2)33-19-18-31-17-16-29-11-5-7-13-35(29)38(31)25-33/h4-25H,1-3H3/b41-28+. The molecule has 1 nitrogen and oxygen atoms in total. The third-order valence-corrected chi connectivity index (χ3v) is 8.29. The van der Waals surface area contributed by atoms with Gasteiger partial charge in [0.1, 0.15) is 0 Å². The molecule has 0 aromatic heterocycles. The summed E-state index contributed by atoms with van der Waals surface area (Å²) in [5, 5.41) is 7.58. The number of para-hydroxylation sites is 1. The molecule has 0 bridgehead atoms. The number of nitrogens with zero attached hydrogens (tertiary/aromatic N) is 1. The van der Waals surface area contributed by atoms with Crippen LogP contribution in [0.2, 0.25) is 0 Å². The van der Waals surface area contributed by atoms with Crippen molar-refractivity contribution in [1.29, 1.82) is 0 Å². The van der Waals surface area contributed by atoms with Gasteiger partial charge in [-0.3, -0.25) is 4.99 Å². The average molecular weight is 526 g/mol. The number of rotatable bonds is 4. The summed E-state index contributed by atoms with van der Waals surface area (Å²) < 4.78 is 0. The first-order valence-electron chi connectivity index (χ1n) is 14.2. The maximum atomic E-state index is 5.13. The molecular formula is C40H31N. The Bertz CT molecular complexity index is 2130. The molecule has 0 saturated heterocycles. The summed E-state index contributed by atoms with van der Waals surface area (Å²) in [5.41, 5.74) is 10.6. The van der Waals surface area contributed by atoms with Crippen LogP contribution in [0.1, 0.15) is 23.6 Å². The van der Waals surface area contributed by atoms with Crippen LogP contribution in [-0.2, 0) is 0 Å². The number of hydrogen-bond acceptors (Lipinski definition) is 1. The van der Waals surface area contributed by atoms with Crippen molar-refractivity contribution in [2.24, 2.45) is 4.99 Å². The van der Waals surface area contributed by atoms with E-state index < -0.39 is 0 Å². The molecule has 0 fully saturated rings. The second kappa shape index (κ2) is 10.2. The minimum Gasteiger partial charge on any atom is -0.253 e. The van der Waals surface area contributed by atoms with Gasteiger partial charge in [-0.1, -0.05) is 121 Å². The summed E-state index contributed by atoms with van der Waals surface area (Å²) in [6.45, 7) is 6.48. The summed E-state index contributed by atoms with van der Waals surface area (Å²) >= 11 is 0. The van der Waals surface area contributed by atoms with Crippen LogP contribution in [0.5, 0.6) is 0 Å². The predicted octanol–water partition coefficient (Wildman–Crippen LogP) is 11.2. The molecular weight excluding hydrogens is 494 g/mol. The van der Waals surface area contributed by atoms with Gasteiger partial charge < -0.3 is 0 Å². The minimum atomic E-state index is 1.01. The van der Waals surface area contributed by atoms with E-state index in [1.165, 1.54) is 71.3 Å². The lowest BCUT2D eigenvalue weighted by molar-refractivity contribution is 1.38. The second-order valence-corrected chi connectivity index (χ2v) is 10.9. The van der Waals surface area contributed by atoms with E-state index in [0.717, 1.165) is 11.4 Å². The van der Waals surface area contributed by atoms with Gasteiger partial charge in [-0.2, -0.15) is 0 Å². The molecule has 196 valence electrons. The molecule has 0 radical (unpaired) electrons. The molecule has 1 heteroatoms. The maximum absolute atomic E-state index is 5.13. The van der Waals surface area contributed by atoms with Crippen molar-refractivity contribution in [3.8, 4) is 22.3 Å². The zero-order chi connectivity index (χ0) is 27.9. The molecule has 0 atom stereocenters. The Morgan fingerprint density at radius 2 is 1.02 bits per heavy atom. The van der Waals surface area contributed by atoms with Gasteiger partial charge in [0.2, 0.25) is 0 Å². The summed E-state index contributed by atoms with van der Waals surface area (Å²) in [5.74, 6) is 0. The van der Waals surface area contributed by atoms with E-state index in [1.54, 1.807) is 0 Å². The first-order chi connectivity index (χ1) is 20.1. The molecule has 0 spiro atoms. The average Bonchev–Trinajstić information content (AvgIpc) is 3.01. The summed E-state index contributed by atoms with van der Waals surface area (Å²) in [4.78, 5) is 5.13. The van der Waals surface area contributed by atoms with Crippen molar-refractivity contribution in [2.45, 2.75) is 20.8 Å². The smallest absolute Gasteiger partial charge is 0.0662 e. The van der Waals surface area contributed by atoms with Gasteiger partial charge in [0, 0.05) is 11.3 Å². The van der Waals surface area contributed by atoms with Crippen LogP contribution in [0, 0.1) is 13.8 Å². The van der Waals surface area contributed by atoms with Gasteiger partial charge in [0.15, 0.2) is 0 Å². The summed E-state index contributed by atoms with van der Waals surface area (Å²) in [6, 6.07) is 48.2. The highest BCUT2D eigenvalue weighted by Gasteiger charge is 2.15. The number of aryl methyl sites for hydroxylation is 2. The molecule has 7 aromatic rings. The number of benzene rings is 7. The van der Waals surface area contributed by atoms with E-state index in [2.05, 4.69) is 154 Å². The highest BCUT2D eigenvalue weighted by Crippen LogP contribution is 2.37. The molecule has 0 aliphatic carbocycles. The Labute approximate surface area is 241 Å². The SMILES string of the molecule is C/C(=N\c1ccccc1C)c1c(-c2ccc(-c3ccc4ccc5ccccc5c4c3)cc2C)ccc2ccccc12. The van der Waals surface area contributed by atoms with Gasteiger partial charge in [-0.05, 0) is 98.6 Å². The summed E-state index contributed by atoms with van der Waals surface area (Å²) in [7, 11) is 0. The van der Waals surface area contributed by atoms with Crippen LogP contribution in [0.3, 0.4) is 0 Å². The molecule has 7 rings (SSSR count). The lowest BCUT2D eigenvalue weighted by Crippen LogP contribution is -2.01. The molecule has 0 unspecified atom stereocenters. The van der Waals surface area contributed by atoms with Crippen LogP contribution in [0.25, 0.3) is 54.6 Å². The molecule has 0 aliphatic rings. The third-order valence-electron chi connectivity index (χ3n) is 8.29. The van der Waals surface area contributed by atoms with Crippen LogP contribution < -0.4 is 0 Å². The fourth-order valence-electron chi connectivity index (χ4n) is 6.14. The molecule has 0 amide bonds. The lowest BCUT2D eigenvalue weighted by atomic mass is 9.88. The van der Waals surface area contributed by atoms with E-state index in [4.69, 9.17) is 4.99 Å². The second-order valence-electron chi connectivity index (χ2n) is 10.9. The van der Waals surface area contributed by atoms with Gasteiger partial charge in [-0.25, -0.2) is 0 Å². The van der Waals surface area contributed by atoms with Crippen molar-refractivity contribution in [3.05, 3.63) is 150 Å². The van der Waals surface area contributed by atoms with Crippen molar-refractivity contribution >= 4 is 43.7 Å². The molecule has 7 aromatic carbocycles. The van der Waals surface area contributed by atoms with E-state index in [1.807, 2.05) is 0 Å². The fourth-order valence-corrected chi connectivity index (χ4v) is 6.14. The van der Waals surface area contributed by atoms with Crippen LogP contribution >= 0.6 is 0 Å². The highest BCUT2D eigenvalue weighted by atomic mass is 14.7. The van der Waals surface area contributed by atoms with Crippen molar-refractivity contribution in [1.82, 2.24) is 0 Å². The Hall–Kier alpha value is -5.01. The topological polar surface area (TPSA) is 12.4 Å². The molecule has 0 saturated carbocycles. The van der Waals surface area contributed by atoms with Crippen molar-refractivity contribution in [3.63, 3.8) is 0 Å². The van der Waals surface area contributed by atoms with E-state index >= 15 is 0 Å². The Morgan fingerprint density at radius 1 is 0.463 bits per heavy atom. The van der Waals surface area contributed by atoms with Gasteiger partial charge in [-0.15, -0.1) is 0 Å². The number of aliphatic imine (C=N–C) groups is 1. The Kier molecular flexibility index (Phi) is 6.21. The Morgan fingerprint density at radius 3 is 1.80 bits per heavy atom. The highest BCUT2D eigenvalue weighted by molar-refractivity contribution is 6.16. The molecule has 41 heavy (non-hydrogen) atoms. The summed E-state index contributed by atoms with van der Waals surface area (Å²) in [6.07, 6.45) is 0. The van der Waals surface area contributed by atoms with Gasteiger partial charge >= 0.3 is 0 Å². The Balaban J connectivity index is 1.37.